The molecule has 2 aromatic rings. The second-order valence-corrected chi connectivity index (χ2v) is 7.04. The second-order valence-electron chi connectivity index (χ2n) is 6.67. The van der Waals surface area contributed by atoms with Crippen LogP contribution in [-0.2, 0) is 16.0 Å². The van der Waals surface area contributed by atoms with Gasteiger partial charge in [-0.2, -0.15) is 0 Å². The minimum Gasteiger partial charge on any atom is -0.460 e. The number of anilines is 1. The van der Waals surface area contributed by atoms with Gasteiger partial charge in [-0.15, -0.1) is 0 Å². The van der Waals surface area contributed by atoms with Crippen molar-refractivity contribution in [2.75, 3.05) is 11.9 Å². The summed E-state index contributed by atoms with van der Waals surface area (Å²) in [6.07, 6.45) is 1.58. The van der Waals surface area contributed by atoms with Gasteiger partial charge >= 0.3 is 5.97 Å². The summed E-state index contributed by atoms with van der Waals surface area (Å²) in [5.41, 5.74) is 3.32. The third-order valence-corrected chi connectivity index (χ3v) is 3.87. The summed E-state index contributed by atoms with van der Waals surface area (Å²) in [5.74, 6) is -0.285. The highest BCUT2D eigenvalue weighted by Crippen LogP contribution is 2.29. The average molecular weight is 320 g/mol. The van der Waals surface area contributed by atoms with Gasteiger partial charge in [0.2, 0.25) is 0 Å². The van der Waals surface area contributed by atoms with Gasteiger partial charge in [-0.25, -0.2) is 0 Å². The van der Waals surface area contributed by atoms with Crippen molar-refractivity contribution in [2.45, 2.75) is 39.2 Å². The Morgan fingerprint density at radius 1 is 1.41 bits per heavy atom. The van der Waals surface area contributed by atoms with E-state index in [9.17, 15) is 4.79 Å². The second kappa shape index (κ2) is 5.43. The van der Waals surface area contributed by atoms with E-state index in [-0.39, 0.29) is 11.9 Å². The molecule has 1 aromatic carbocycles. The molecule has 22 heavy (non-hydrogen) atoms. The van der Waals surface area contributed by atoms with Gasteiger partial charge in [0.05, 0.1) is 11.4 Å². The summed E-state index contributed by atoms with van der Waals surface area (Å²) < 4.78 is 10.9. The van der Waals surface area contributed by atoms with Gasteiger partial charge in [-0.05, 0) is 57.5 Å². The van der Waals surface area contributed by atoms with Crippen molar-refractivity contribution in [1.29, 1.82) is 0 Å². The van der Waals surface area contributed by atoms with Gasteiger partial charge in [0.15, 0.2) is 5.58 Å². The van der Waals surface area contributed by atoms with Gasteiger partial charge < -0.3 is 19.5 Å². The Hall–Kier alpha value is -1.82. The van der Waals surface area contributed by atoms with Crippen molar-refractivity contribution in [3.8, 4) is 0 Å². The molecule has 0 radical (unpaired) electrons. The molecule has 1 aromatic heterocycles. The number of esters is 1. The Morgan fingerprint density at radius 2 is 2.18 bits per heavy atom. The zero-order valence-corrected chi connectivity index (χ0v) is 13.8. The normalized spacial score (nSPS) is 18.4. The fraction of sp³-hybridized carbons (Fsp3) is 0.500. The minimum atomic E-state index is -0.454. The van der Waals surface area contributed by atoms with E-state index >= 15 is 0 Å². The van der Waals surface area contributed by atoms with E-state index in [0.717, 1.165) is 35.2 Å². The molecule has 0 bridgehead atoms. The fourth-order valence-electron chi connectivity index (χ4n) is 2.66. The third-order valence-electron chi connectivity index (χ3n) is 3.69. The maximum absolute atomic E-state index is 12.2. The van der Waals surface area contributed by atoms with Crippen molar-refractivity contribution in [3.63, 3.8) is 0 Å². The average Bonchev–Trinajstić information content (AvgIpc) is 2.62. The summed E-state index contributed by atoms with van der Waals surface area (Å²) in [4.78, 5) is 15.6. The van der Waals surface area contributed by atoms with E-state index < -0.39 is 5.60 Å². The summed E-state index contributed by atoms with van der Waals surface area (Å²) in [7, 11) is 0. The molecule has 1 aliphatic heterocycles. The lowest BCUT2D eigenvalue weighted by Gasteiger charge is -2.23. The number of ether oxygens (including phenoxy) is 1. The lowest BCUT2D eigenvalue weighted by atomic mass is 10.0. The molecule has 1 aliphatic rings. The Balaban J connectivity index is 1.80. The lowest BCUT2D eigenvalue weighted by Crippen LogP contribution is -2.31. The van der Waals surface area contributed by atoms with E-state index in [4.69, 9.17) is 21.4 Å². The molecule has 0 amide bonds. The van der Waals surface area contributed by atoms with Crippen molar-refractivity contribution in [3.05, 3.63) is 22.5 Å². The Kier molecular flexibility index (Phi) is 3.72. The van der Waals surface area contributed by atoms with Crippen LogP contribution >= 0.6 is 12.2 Å². The van der Waals surface area contributed by atoms with Crippen LogP contribution in [0, 0.1) is 10.8 Å². The molecule has 6 heteroatoms. The van der Waals surface area contributed by atoms with Crippen LogP contribution in [0.1, 0.15) is 32.8 Å². The Labute approximate surface area is 134 Å². The summed E-state index contributed by atoms with van der Waals surface area (Å²) in [6.45, 7) is 6.24. The van der Waals surface area contributed by atoms with E-state index in [1.165, 1.54) is 0 Å². The monoisotopic (exact) mass is 320 g/mol. The largest absolute Gasteiger partial charge is 0.460 e. The highest BCUT2D eigenvalue weighted by Gasteiger charge is 2.27. The first-order valence-corrected chi connectivity index (χ1v) is 7.85. The molecular weight excluding hydrogens is 300 g/mol. The molecule has 0 spiro atoms. The Morgan fingerprint density at radius 3 is 2.91 bits per heavy atom. The van der Waals surface area contributed by atoms with Crippen molar-refractivity contribution in [1.82, 2.24) is 4.98 Å². The first-order chi connectivity index (χ1) is 10.3. The van der Waals surface area contributed by atoms with Crippen LogP contribution in [-0.4, -0.2) is 23.1 Å². The number of hydrogen-bond donors (Lipinski definition) is 2. The number of H-pyrrole nitrogens is 1. The van der Waals surface area contributed by atoms with Gasteiger partial charge in [0.1, 0.15) is 5.60 Å². The van der Waals surface area contributed by atoms with Gasteiger partial charge in [-0.3, -0.25) is 4.79 Å². The number of carbonyl (C=O) groups is 1. The zero-order valence-electron chi connectivity index (χ0n) is 13.0. The van der Waals surface area contributed by atoms with E-state index in [0.29, 0.717) is 11.4 Å². The maximum Gasteiger partial charge on any atom is 0.311 e. The quantitative estimate of drug-likeness (QED) is 0.618. The number of aromatic amines is 1. The van der Waals surface area contributed by atoms with Gasteiger partial charge in [0, 0.05) is 18.3 Å². The molecule has 118 valence electrons. The predicted octanol–water partition coefficient (Wildman–Crippen LogP) is 3.81. The first kappa shape index (κ1) is 15.1. The summed E-state index contributed by atoms with van der Waals surface area (Å²) >= 11 is 5.01. The van der Waals surface area contributed by atoms with Crippen LogP contribution in [0.4, 0.5) is 5.69 Å². The van der Waals surface area contributed by atoms with Crippen LogP contribution in [0.15, 0.2) is 16.5 Å². The highest BCUT2D eigenvalue weighted by molar-refractivity contribution is 7.71. The molecule has 1 atom stereocenters. The van der Waals surface area contributed by atoms with Crippen LogP contribution in [0.3, 0.4) is 0 Å². The topological polar surface area (TPSA) is 67.3 Å². The molecule has 0 aliphatic carbocycles. The first-order valence-electron chi connectivity index (χ1n) is 7.44. The summed E-state index contributed by atoms with van der Waals surface area (Å²) in [6, 6.07) is 3.98. The molecule has 0 saturated carbocycles. The van der Waals surface area contributed by atoms with Gasteiger partial charge in [0.25, 0.3) is 4.84 Å². The van der Waals surface area contributed by atoms with Crippen molar-refractivity contribution >= 4 is 35.0 Å². The number of aromatic nitrogens is 1. The molecule has 0 saturated heterocycles. The highest BCUT2D eigenvalue weighted by atomic mass is 32.1. The van der Waals surface area contributed by atoms with Crippen molar-refractivity contribution in [2.24, 2.45) is 5.92 Å². The third kappa shape index (κ3) is 3.16. The predicted molar refractivity (Wildman–Crippen MR) is 87.5 cm³/mol. The number of fused-ring (bicyclic) bond motifs is 2. The summed E-state index contributed by atoms with van der Waals surface area (Å²) in [5, 5.41) is 3.33. The smallest absolute Gasteiger partial charge is 0.311 e. The SMILES string of the molecule is CC(C)(C)OC(=O)C1CCc2cc3[nH]c(=S)oc3cc2NC1. The standard InChI is InChI=1S/C16H20N2O3S/c1-16(2,3)21-14(19)10-5-4-9-6-12-13(20-15(22)18-12)7-11(9)17-8-10/h6-7,10,17H,4-5,8H2,1-3H3,(H,18,22). The number of carbonyl (C=O) groups excluding carboxylic acids is 1. The fourth-order valence-corrected chi connectivity index (χ4v) is 2.86. The molecule has 2 N–H and O–H groups in total. The number of hydrogen-bond acceptors (Lipinski definition) is 5. The van der Waals surface area contributed by atoms with Gasteiger partial charge in [-0.1, -0.05) is 0 Å². The molecule has 5 nitrogen and oxygen atoms in total. The number of rotatable bonds is 1. The number of aryl methyl sites for hydroxylation is 1. The minimum absolute atomic E-state index is 0.142. The van der Waals surface area contributed by atoms with Crippen molar-refractivity contribution < 1.29 is 13.9 Å². The molecule has 3 rings (SSSR count). The maximum atomic E-state index is 12.2. The molecular formula is C16H20N2O3S. The van der Waals surface area contributed by atoms with E-state index in [1.54, 1.807) is 0 Å². The lowest BCUT2D eigenvalue weighted by molar-refractivity contribution is -0.159. The number of benzene rings is 1. The molecule has 0 fully saturated rings. The zero-order chi connectivity index (χ0) is 15.9. The van der Waals surface area contributed by atoms with E-state index in [1.807, 2.05) is 32.9 Å². The molecule has 2 heterocycles. The number of nitrogens with one attached hydrogen (secondary N) is 2. The molecule has 1 unspecified atom stereocenters. The van der Waals surface area contributed by atoms with Crippen LogP contribution in [0.25, 0.3) is 11.1 Å². The number of oxazole rings is 1. The van der Waals surface area contributed by atoms with Crippen LogP contribution < -0.4 is 5.32 Å². The van der Waals surface area contributed by atoms with E-state index in [2.05, 4.69) is 10.3 Å². The van der Waals surface area contributed by atoms with Crippen LogP contribution in [0.5, 0.6) is 0 Å². The van der Waals surface area contributed by atoms with Crippen LogP contribution in [0.2, 0.25) is 0 Å². The Bertz CT molecular complexity index is 722.